The van der Waals surface area contributed by atoms with Crippen molar-refractivity contribution in [2.45, 2.75) is 38.3 Å². The predicted molar refractivity (Wildman–Crippen MR) is 74.5 cm³/mol. The van der Waals surface area contributed by atoms with Crippen molar-refractivity contribution in [2.24, 2.45) is 0 Å². The molecule has 2 rings (SSSR count). The summed E-state index contributed by atoms with van der Waals surface area (Å²) in [5, 5.41) is 9.81. The highest BCUT2D eigenvalue weighted by molar-refractivity contribution is 9.10. The van der Waals surface area contributed by atoms with Crippen LogP contribution in [0.5, 0.6) is 0 Å². The summed E-state index contributed by atoms with van der Waals surface area (Å²) in [5.41, 5.74) is 0.671. The number of amides is 1. The molecule has 1 aliphatic rings. The third-order valence-corrected chi connectivity index (χ3v) is 4.16. The minimum absolute atomic E-state index is 0.00748. The Morgan fingerprint density at radius 1 is 1.44 bits per heavy atom. The summed E-state index contributed by atoms with van der Waals surface area (Å²) >= 11 is 3.41. The van der Waals surface area contributed by atoms with Crippen LogP contribution in [0.1, 0.15) is 36.5 Å². The lowest BCUT2D eigenvalue weighted by Gasteiger charge is -2.37. The van der Waals surface area contributed by atoms with Gasteiger partial charge in [0.15, 0.2) is 0 Å². The number of halogens is 1. The Balaban J connectivity index is 2.24. The van der Waals surface area contributed by atoms with E-state index in [-0.39, 0.29) is 11.9 Å². The zero-order valence-corrected chi connectivity index (χ0v) is 12.1. The van der Waals surface area contributed by atoms with Gasteiger partial charge in [0.05, 0.1) is 17.7 Å². The number of hydrogen-bond donors (Lipinski definition) is 1. The number of benzene rings is 1. The molecule has 98 valence electrons. The van der Waals surface area contributed by atoms with E-state index >= 15 is 0 Å². The minimum Gasteiger partial charge on any atom is -0.391 e. The molecule has 1 amide bonds. The highest BCUT2D eigenvalue weighted by Gasteiger charge is 2.31. The van der Waals surface area contributed by atoms with E-state index in [1.165, 1.54) is 0 Å². The van der Waals surface area contributed by atoms with Gasteiger partial charge in [-0.3, -0.25) is 4.79 Å². The summed E-state index contributed by atoms with van der Waals surface area (Å²) in [4.78, 5) is 14.3. The number of aliphatic hydroxyl groups is 1. The smallest absolute Gasteiger partial charge is 0.255 e. The lowest BCUT2D eigenvalue weighted by atomic mass is 9.97. The molecule has 18 heavy (non-hydrogen) atoms. The van der Waals surface area contributed by atoms with Gasteiger partial charge in [-0.25, -0.2) is 0 Å². The Hall–Kier alpha value is -0.870. The van der Waals surface area contributed by atoms with Crippen molar-refractivity contribution in [3.8, 4) is 0 Å². The first-order chi connectivity index (χ1) is 8.61. The molecule has 0 bridgehead atoms. The topological polar surface area (TPSA) is 40.5 Å². The van der Waals surface area contributed by atoms with Crippen LogP contribution in [0, 0.1) is 0 Å². The molecular weight excluding hydrogens is 294 g/mol. The SMILES string of the molecule is C[C@H](O)[C@@H]1CCCCN1C(=O)c1ccccc1Br. The number of aliphatic hydroxyl groups excluding tert-OH is 1. The van der Waals surface area contributed by atoms with Crippen molar-refractivity contribution >= 4 is 21.8 Å². The fourth-order valence-electron chi connectivity index (χ4n) is 2.50. The van der Waals surface area contributed by atoms with Crippen molar-refractivity contribution in [3.63, 3.8) is 0 Å². The normalized spacial score (nSPS) is 21.7. The fourth-order valence-corrected chi connectivity index (χ4v) is 2.95. The summed E-state index contributed by atoms with van der Waals surface area (Å²) in [6.45, 7) is 2.49. The van der Waals surface area contributed by atoms with Crippen LogP contribution in [0.3, 0.4) is 0 Å². The lowest BCUT2D eigenvalue weighted by Crippen LogP contribution is -2.49. The molecule has 1 aliphatic heterocycles. The molecule has 1 aromatic carbocycles. The fraction of sp³-hybridized carbons (Fsp3) is 0.500. The molecular formula is C14H18BrNO2. The maximum absolute atomic E-state index is 12.5. The molecule has 1 fully saturated rings. The van der Waals surface area contributed by atoms with E-state index in [1.54, 1.807) is 6.92 Å². The van der Waals surface area contributed by atoms with Crippen molar-refractivity contribution in [2.75, 3.05) is 6.54 Å². The van der Waals surface area contributed by atoms with Crippen LogP contribution in [0.25, 0.3) is 0 Å². The van der Waals surface area contributed by atoms with Crippen LogP contribution in [0.4, 0.5) is 0 Å². The second-order valence-corrected chi connectivity index (χ2v) is 5.64. The molecule has 3 nitrogen and oxygen atoms in total. The predicted octanol–water partition coefficient (Wildman–Crippen LogP) is 2.82. The standard InChI is InChI=1S/C14H18BrNO2/c1-10(17)13-8-4-5-9-16(13)14(18)11-6-2-3-7-12(11)15/h2-3,6-7,10,13,17H,4-5,8-9H2,1H3/t10-,13-/m0/s1. The van der Waals surface area contributed by atoms with Gasteiger partial charge in [-0.15, -0.1) is 0 Å². The number of carbonyl (C=O) groups is 1. The van der Waals surface area contributed by atoms with E-state index in [1.807, 2.05) is 29.2 Å². The van der Waals surface area contributed by atoms with E-state index in [4.69, 9.17) is 0 Å². The average Bonchev–Trinajstić information content (AvgIpc) is 2.38. The molecule has 0 spiro atoms. The van der Waals surface area contributed by atoms with Crippen molar-refractivity contribution in [1.82, 2.24) is 4.90 Å². The molecule has 1 saturated heterocycles. The van der Waals surface area contributed by atoms with Crippen molar-refractivity contribution in [1.29, 1.82) is 0 Å². The molecule has 1 heterocycles. The molecule has 0 aliphatic carbocycles. The van der Waals surface area contributed by atoms with Gasteiger partial charge in [-0.05, 0) is 54.2 Å². The summed E-state index contributed by atoms with van der Waals surface area (Å²) in [7, 11) is 0. The number of likely N-dealkylation sites (tertiary alicyclic amines) is 1. The van der Waals surface area contributed by atoms with Gasteiger partial charge in [0.2, 0.25) is 0 Å². The Morgan fingerprint density at radius 2 is 2.17 bits per heavy atom. The summed E-state index contributed by atoms with van der Waals surface area (Å²) in [6, 6.07) is 7.38. The molecule has 2 atom stereocenters. The van der Waals surface area contributed by atoms with Gasteiger partial charge >= 0.3 is 0 Å². The Labute approximate surface area is 116 Å². The first kappa shape index (κ1) is 13.6. The van der Waals surface area contributed by atoms with Gasteiger partial charge in [-0.1, -0.05) is 12.1 Å². The average molecular weight is 312 g/mol. The first-order valence-electron chi connectivity index (χ1n) is 6.35. The van der Waals surface area contributed by atoms with Crippen LogP contribution >= 0.6 is 15.9 Å². The van der Waals surface area contributed by atoms with Gasteiger partial charge in [0.25, 0.3) is 5.91 Å². The zero-order valence-electron chi connectivity index (χ0n) is 10.5. The Bertz CT molecular complexity index is 434. The largest absolute Gasteiger partial charge is 0.391 e. The first-order valence-corrected chi connectivity index (χ1v) is 7.14. The number of piperidine rings is 1. The van der Waals surface area contributed by atoms with Crippen LogP contribution in [0.15, 0.2) is 28.7 Å². The third-order valence-electron chi connectivity index (χ3n) is 3.47. The Kier molecular flexibility index (Phi) is 4.40. The van der Waals surface area contributed by atoms with Crippen LogP contribution in [-0.4, -0.2) is 34.6 Å². The highest BCUT2D eigenvalue weighted by atomic mass is 79.9. The van der Waals surface area contributed by atoms with Crippen LogP contribution in [0.2, 0.25) is 0 Å². The summed E-state index contributed by atoms with van der Waals surface area (Å²) in [6.07, 6.45) is 2.50. The van der Waals surface area contributed by atoms with Crippen LogP contribution < -0.4 is 0 Å². The quantitative estimate of drug-likeness (QED) is 0.912. The van der Waals surface area contributed by atoms with E-state index in [0.29, 0.717) is 5.56 Å². The van der Waals surface area contributed by atoms with E-state index in [9.17, 15) is 9.90 Å². The van der Waals surface area contributed by atoms with Crippen LogP contribution in [-0.2, 0) is 0 Å². The minimum atomic E-state index is -0.475. The molecule has 4 heteroatoms. The van der Waals surface area contributed by atoms with Gasteiger partial charge < -0.3 is 10.0 Å². The zero-order chi connectivity index (χ0) is 13.1. The number of nitrogens with zero attached hydrogens (tertiary/aromatic N) is 1. The van der Waals surface area contributed by atoms with E-state index in [2.05, 4.69) is 15.9 Å². The van der Waals surface area contributed by atoms with Gasteiger partial charge in [-0.2, -0.15) is 0 Å². The van der Waals surface area contributed by atoms with Gasteiger partial charge in [0.1, 0.15) is 0 Å². The second kappa shape index (κ2) is 5.85. The number of hydrogen-bond acceptors (Lipinski definition) is 2. The van der Waals surface area contributed by atoms with Gasteiger partial charge in [0, 0.05) is 11.0 Å². The molecule has 1 aromatic rings. The van der Waals surface area contributed by atoms with E-state index in [0.717, 1.165) is 30.3 Å². The summed E-state index contributed by atoms with van der Waals surface area (Å²) in [5.74, 6) is 0.00748. The monoisotopic (exact) mass is 311 g/mol. The lowest BCUT2D eigenvalue weighted by molar-refractivity contribution is 0.0280. The summed E-state index contributed by atoms with van der Waals surface area (Å²) < 4.78 is 0.810. The Morgan fingerprint density at radius 3 is 2.83 bits per heavy atom. The molecule has 0 saturated carbocycles. The van der Waals surface area contributed by atoms with Crippen molar-refractivity contribution in [3.05, 3.63) is 34.3 Å². The number of carbonyl (C=O) groups excluding carboxylic acids is 1. The maximum Gasteiger partial charge on any atom is 0.255 e. The second-order valence-electron chi connectivity index (χ2n) is 4.78. The number of rotatable bonds is 2. The third kappa shape index (κ3) is 2.75. The van der Waals surface area contributed by atoms with E-state index < -0.39 is 6.10 Å². The van der Waals surface area contributed by atoms with Crippen molar-refractivity contribution < 1.29 is 9.90 Å². The molecule has 0 aromatic heterocycles. The molecule has 0 unspecified atom stereocenters. The molecule has 0 radical (unpaired) electrons. The maximum atomic E-state index is 12.5. The molecule has 1 N–H and O–H groups in total. The highest BCUT2D eigenvalue weighted by Crippen LogP contribution is 2.25.